The van der Waals surface area contributed by atoms with Gasteiger partial charge >= 0.3 is 6.09 Å². The van der Waals surface area contributed by atoms with E-state index in [0.717, 1.165) is 11.0 Å². The van der Waals surface area contributed by atoms with Crippen molar-refractivity contribution in [2.24, 2.45) is 7.05 Å². The highest BCUT2D eigenvalue weighted by molar-refractivity contribution is 5.90. The number of carbonyl (C=O) groups excluding carboxylic acids is 1. The molecule has 1 aromatic carbocycles. The van der Waals surface area contributed by atoms with Gasteiger partial charge in [0.1, 0.15) is 11.5 Å². The molecule has 9 nitrogen and oxygen atoms in total. The van der Waals surface area contributed by atoms with Crippen molar-refractivity contribution in [1.29, 1.82) is 0 Å². The van der Waals surface area contributed by atoms with Crippen LogP contribution in [0, 0.1) is 5.82 Å². The molecule has 1 aliphatic heterocycles. The third kappa shape index (κ3) is 3.27. The number of aromatic nitrogens is 5. The maximum Gasteiger partial charge on any atom is 0.414 e. The van der Waals surface area contributed by atoms with Crippen LogP contribution in [0.3, 0.4) is 0 Å². The van der Waals surface area contributed by atoms with Crippen molar-refractivity contribution in [2.75, 3.05) is 11.4 Å². The quantitative estimate of drug-likeness (QED) is 0.725. The SMILES string of the molecule is Cn1nnc(-c2ccc(-c3ccc(N4C[C@H](C(O)F)OC4=O)cc3F)cn2)n1. The van der Waals surface area contributed by atoms with Crippen LogP contribution < -0.4 is 4.90 Å². The Kier molecular flexibility index (Phi) is 4.43. The van der Waals surface area contributed by atoms with Gasteiger partial charge in [-0.25, -0.2) is 13.6 Å². The molecule has 0 aliphatic carbocycles. The zero-order valence-corrected chi connectivity index (χ0v) is 14.5. The van der Waals surface area contributed by atoms with E-state index < -0.39 is 24.4 Å². The maximum absolute atomic E-state index is 14.6. The number of carbonyl (C=O) groups is 1. The fraction of sp³-hybridized carbons (Fsp3) is 0.235. The van der Waals surface area contributed by atoms with Gasteiger partial charge in [0, 0.05) is 17.3 Å². The molecule has 4 rings (SSSR count). The van der Waals surface area contributed by atoms with Crippen LogP contribution in [0.1, 0.15) is 0 Å². The number of hydrogen-bond donors (Lipinski definition) is 1. The van der Waals surface area contributed by atoms with Crippen LogP contribution in [0.25, 0.3) is 22.6 Å². The van der Waals surface area contributed by atoms with E-state index in [4.69, 9.17) is 9.84 Å². The lowest BCUT2D eigenvalue weighted by atomic mass is 10.1. The van der Waals surface area contributed by atoms with Gasteiger partial charge in [0.2, 0.25) is 12.2 Å². The summed E-state index contributed by atoms with van der Waals surface area (Å²) < 4.78 is 32.3. The number of aliphatic hydroxyl groups is 1. The Morgan fingerprint density at radius 2 is 2.14 bits per heavy atom. The van der Waals surface area contributed by atoms with Gasteiger partial charge in [-0.05, 0) is 29.5 Å². The number of ether oxygens (including phenoxy) is 1. The zero-order valence-electron chi connectivity index (χ0n) is 14.5. The number of nitrogens with zero attached hydrogens (tertiary/aromatic N) is 6. The molecular formula is C17H14F2N6O3. The lowest BCUT2D eigenvalue weighted by Gasteiger charge is -2.14. The number of halogens is 2. The normalized spacial score (nSPS) is 17.6. The monoisotopic (exact) mass is 388 g/mol. The van der Waals surface area contributed by atoms with Crippen molar-refractivity contribution in [3.63, 3.8) is 0 Å². The molecular weight excluding hydrogens is 374 g/mol. The summed E-state index contributed by atoms with van der Waals surface area (Å²) in [5, 5.41) is 20.6. The number of aryl methyl sites for hydroxylation is 1. The van der Waals surface area contributed by atoms with E-state index in [0.29, 0.717) is 17.1 Å². The summed E-state index contributed by atoms with van der Waals surface area (Å²) in [7, 11) is 1.63. The molecule has 2 atom stereocenters. The van der Waals surface area contributed by atoms with E-state index >= 15 is 0 Å². The van der Waals surface area contributed by atoms with Crippen LogP contribution in [0.5, 0.6) is 0 Å². The number of anilines is 1. The molecule has 1 saturated heterocycles. The van der Waals surface area contributed by atoms with Gasteiger partial charge in [-0.2, -0.15) is 4.80 Å². The van der Waals surface area contributed by atoms with Gasteiger partial charge in [0.25, 0.3) is 0 Å². The first-order valence-corrected chi connectivity index (χ1v) is 8.23. The number of rotatable bonds is 4. The van der Waals surface area contributed by atoms with Crippen molar-refractivity contribution in [1.82, 2.24) is 25.2 Å². The molecule has 3 heterocycles. The number of amides is 1. The van der Waals surface area contributed by atoms with Crippen molar-refractivity contribution in [3.05, 3.63) is 42.3 Å². The number of hydrogen-bond acceptors (Lipinski definition) is 7. The standard InChI is InChI=1S/C17H14F2N6O3/c1-24-22-16(21-23-24)13-5-2-9(7-20-13)11-4-3-10(6-12(11)18)25-8-14(15(19)26)28-17(25)27/h2-7,14-15,26H,8H2,1H3/t14-,15?/m1/s1. The minimum absolute atomic E-state index is 0.197. The summed E-state index contributed by atoms with van der Waals surface area (Å²) in [6, 6.07) is 7.43. The van der Waals surface area contributed by atoms with Crippen LogP contribution in [-0.4, -0.2) is 55.4 Å². The molecule has 1 amide bonds. The first-order chi connectivity index (χ1) is 13.4. The summed E-state index contributed by atoms with van der Waals surface area (Å²) in [4.78, 5) is 18.4. The molecule has 1 aliphatic rings. The lowest BCUT2D eigenvalue weighted by Crippen LogP contribution is -2.28. The highest BCUT2D eigenvalue weighted by atomic mass is 19.1. The first kappa shape index (κ1) is 17.9. The van der Waals surface area contributed by atoms with Crippen LogP contribution in [-0.2, 0) is 11.8 Å². The smallest absolute Gasteiger partial charge is 0.414 e. The number of cyclic esters (lactones) is 1. The minimum atomic E-state index is -2.30. The number of aliphatic hydroxyl groups excluding tert-OH is 1. The second-order valence-corrected chi connectivity index (χ2v) is 6.10. The van der Waals surface area contributed by atoms with Crippen LogP contribution >= 0.6 is 0 Å². The molecule has 0 saturated carbocycles. The Labute approximate surface area is 157 Å². The number of pyridine rings is 1. The Morgan fingerprint density at radius 1 is 1.32 bits per heavy atom. The number of tetrazole rings is 1. The average Bonchev–Trinajstić information content (AvgIpc) is 3.28. The molecule has 0 radical (unpaired) electrons. The number of alkyl halides is 1. The Hall–Kier alpha value is -3.47. The maximum atomic E-state index is 14.6. The van der Waals surface area contributed by atoms with E-state index in [1.807, 2.05) is 0 Å². The zero-order chi connectivity index (χ0) is 19.8. The largest absolute Gasteiger partial charge is 0.438 e. The predicted octanol–water partition coefficient (Wildman–Crippen LogP) is 1.69. The minimum Gasteiger partial charge on any atom is -0.438 e. The third-order valence-electron chi connectivity index (χ3n) is 4.22. The second kappa shape index (κ2) is 6.93. The van der Waals surface area contributed by atoms with Crippen LogP contribution in [0.4, 0.5) is 19.3 Å². The molecule has 0 bridgehead atoms. The first-order valence-electron chi connectivity index (χ1n) is 8.23. The third-order valence-corrected chi connectivity index (χ3v) is 4.22. The van der Waals surface area contributed by atoms with Gasteiger partial charge in [0.05, 0.1) is 19.3 Å². The molecule has 1 fully saturated rings. The summed E-state index contributed by atoms with van der Waals surface area (Å²) in [5.41, 5.74) is 1.47. The molecule has 0 spiro atoms. The van der Waals surface area contributed by atoms with E-state index in [1.54, 1.807) is 19.2 Å². The Balaban J connectivity index is 1.57. The molecule has 144 valence electrons. The van der Waals surface area contributed by atoms with Crippen molar-refractivity contribution >= 4 is 11.8 Å². The fourth-order valence-corrected chi connectivity index (χ4v) is 2.82. The molecule has 28 heavy (non-hydrogen) atoms. The number of benzene rings is 1. The van der Waals surface area contributed by atoms with Crippen LogP contribution in [0.2, 0.25) is 0 Å². The lowest BCUT2D eigenvalue weighted by molar-refractivity contribution is -0.0503. The van der Waals surface area contributed by atoms with Gasteiger partial charge in [-0.3, -0.25) is 9.88 Å². The van der Waals surface area contributed by atoms with Gasteiger partial charge in [-0.15, -0.1) is 10.2 Å². The van der Waals surface area contributed by atoms with Crippen molar-refractivity contribution in [3.8, 4) is 22.6 Å². The summed E-state index contributed by atoms with van der Waals surface area (Å²) in [6.45, 7) is -0.212. The van der Waals surface area contributed by atoms with Gasteiger partial charge in [-0.1, -0.05) is 6.07 Å². The highest BCUT2D eigenvalue weighted by Gasteiger charge is 2.37. The summed E-state index contributed by atoms with van der Waals surface area (Å²) in [5.74, 6) is -0.247. The summed E-state index contributed by atoms with van der Waals surface area (Å²) >= 11 is 0. The van der Waals surface area contributed by atoms with Crippen molar-refractivity contribution < 1.29 is 23.4 Å². The molecule has 1 unspecified atom stereocenters. The molecule has 3 aromatic rings. The molecule has 11 heteroatoms. The van der Waals surface area contributed by atoms with E-state index in [1.165, 1.54) is 23.1 Å². The van der Waals surface area contributed by atoms with E-state index in [-0.39, 0.29) is 17.8 Å². The molecule has 1 N–H and O–H groups in total. The molecule has 2 aromatic heterocycles. The Bertz CT molecular complexity index is 1020. The average molecular weight is 388 g/mol. The fourth-order valence-electron chi connectivity index (χ4n) is 2.82. The highest BCUT2D eigenvalue weighted by Crippen LogP contribution is 2.30. The van der Waals surface area contributed by atoms with E-state index in [2.05, 4.69) is 20.4 Å². The van der Waals surface area contributed by atoms with Gasteiger partial charge in [0.15, 0.2) is 6.10 Å². The summed E-state index contributed by atoms with van der Waals surface area (Å²) in [6.07, 6.45) is -2.98. The topological polar surface area (TPSA) is 106 Å². The predicted molar refractivity (Wildman–Crippen MR) is 92.2 cm³/mol. The van der Waals surface area contributed by atoms with Crippen LogP contribution in [0.15, 0.2) is 36.5 Å². The van der Waals surface area contributed by atoms with Gasteiger partial charge < -0.3 is 9.84 Å². The van der Waals surface area contributed by atoms with Crippen molar-refractivity contribution in [2.45, 2.75) is 12.5 Å². The second-order valence-electron chi connectivity index (χ2n) is 6.10. The Morgan fingerprint density at radius 3 is 2.71 bits per heavy atom. The van der Waals surface area contributed by atoms with E-state index in [9.17, 15) is 13.6 Å².